The molecule has 1 aliphatic heterocycles. The fraction of sp³-hybridized carbons (Fsp3) is 0.579. The van der Waals surface area contributed by atoms with E-state index in [2.05, 4.69) is 6.92 Å². The predicted molar refractivity (Wildman–Crippen MR) is 89.8 cm³/mol. The SMILES string of the molecule is CCCC(C)OC(=O)CC1CCC(=O)N1Cc1ccc(C)cc1. The van der Waals surface area contributed by atoms with E-state index in [1.54, 1.807) is 0 Å². The van der Waals surface area contributed by atoms with Gasteiger partial charge >= 0.3 is 5.97 Å². The maximum atomic E-state index is 12.1. The van der Waals surface area contributed by atoms with Gasteiger partial charge in [0.15, 0.2) is 0 Å². The highest BCUT2D eigenvalue weighted by Crippen LogP contribution is 2.24. The van der Waals surface area contributed by atoms with Gasteiger partial charge in [0.05, 0.1) is 12.5 Å². The Morgan fingerprint density at radius 3 is 2.70 bits per heavy atom. The van der Waals surface area contributed by atoms with E-state index in [0.717, 1.165) is 24.8 Å². The van der Waals surface area contributed by atoms with Crippen LogP contribution in [0.15, 0.2) is 24.3 Å². The molecule has 0 radical (unpaired) electrons. The van der Waals surface area contributed by atoms with Crippen molar-refractivity contribution in [1.29, 1.82) is 0 Å². The van der Waals surface area contributed by atoms with E-state index in [9.17, 15) is 9.59 Å². The van der Waals surface area contributed by atoms with Crippen LogP contribution < -0.4 is 0 Å². The zero-order valence-corrected chi connectivity index (χ0v) is 14.4. The van der Waals surface area contributed by atoms with Gasteiger partial charge < -0.3 is 9.64 Å². The smallest absolute Gasteiger partial charge is 0.308 e. The highest BCUT2D eigenvalue weighted by atomic mass is 16.5. The molecule has 4 nitrogen and oxygen atoms in total. The number of aryl methyl sites for hydroxylation is 1. The average Bonchev–Trinajstić information content (AvgIpc) is 2.82. The predicted octanol–water partition coefficient (Wildman–Crippen LogP) is 3.61. The Kier molecular flexibility index (Phi) is 6.20. The molecule has 0 aromatic heterocycles. The first-order valence-corrected chi connectivity index (χ1v) is 8.54. The quantitative estimate of drug-likeness (QED) is 0.722. The number of hydrogen-bond acceptors (Lipinski definition) is 3. The number of hydrogen-bond donors (Lipinski definition) is 0. The molecular formula is C19H27NO3. The Labute approximate surface area is 138 Å². The van der Waals surface area contributed by atoms with E-state index in [1.165, 1.54) is 5.56 Å². The Morgan fingerprint density at radius 1 is 1.35 bits per heavy atom. The van der Waals surface area contributed by atoms with Crippen LogP contribution in [0, 0.1) is 6.92 Å². The van der Waals surface area contributed by atoms with E-state index < -0.39 is 0 Å². The fourth-order valence-electron chi connectivity index (χ4n) is 3.04. The summed E-state index contributed by atoms with van der Waals surface area (Å²) in [6.07, 6.45) is 3.38. The minimum atomic E-state index is -0.195. The summed E-state index contributed by atoms with van der Waals surface area (Å²) >= 11 is 0. The topological polar surface area (TPSA) is 46.6 Å². The van der Waals surface area contributed by atoms with E-state index in [1.807, 2.05) is 43.0 Å². The lowest BCUT2D eigenvalue weighted by Crippen LogP contribution is -2.34. The van der Waals surface area contributed by atoms with E-state index in [-0.39, 0.29) is 24.0 Å². The van der Waals surface area contributed by atoms with Gasteiger partial charge in [-0.25, -0.2) is 0 Å². The van der Waals surface area contributed by atoms with E-state index in [0.29, 0.717) is 19.4 Å². The third-order valence-electron chi connectivity index (χ3n) is 4.36. The molecule has 1 heterocycles. The summed E-state index contributed by atoms with van der Waals surface area (Å²) in [6, 6.07) is 8.14. The number of carbonyl (C=O) groups is 2. The van der Waals surface area contributed by atoms with E-state index in [4.69, 9.17) is 4.74 Å². The van der Waals surface area contributed by atoms with Crippen molar-refractivity contribution >= 4 is 11.9 Å². The van der Waals surface area contributed by atoms with Gasteiger partial charge in [0, 0.05) is 19.0 Å². The van der Waals surface area contributed by atoms with Crippen molar-refractivity contribution < 1.29 is 14.3 Å². The monoisotopic (exact) mass is 317 g/mol. The number of carbonyl (C=O) groups excluding carboxylic acids is 2. The van der Waals surface area contributed by atoms with Crippen LogP contribution in [0.5, 0.6) is 0 Å². The van der Waals surface area contributed by atoms with Gasteiger partial charge in [0.1, 0.15) is 0 Å². The van der Waals surface area contributed by atoms with Gasteiger partial charge in [-0.15, -0.1) is 0 Å². The molecule has 23 heavy (non-hydrogen) atoms. The zero-order valence-electron chi connectivity index (χ0n) is 14.4. The van der Waals surface area contributed by atoms with Crippen LogP contribution >= 0.6 is 0 Å². The van der Waals surface area contributed by atoms with Crippen LogP contribution in [0.1, 0.15) is 57.1 Å². The van der Waals surface area contributed by atoms with Crippen molar-refractivity contribution in [3.05, 3.63) is 35.4 Å². The second-order valence-corrected chi connectivity index (χ2v) is 6.49. The normalized spacial score (nSPS) is 19.0. The van der Waals surface area contributed by atoms with Gasteiger partial charge in [0.25, 0.3) is 0 Å². The second-order valence-electron chi connectivity index (χ2n) is 6.49. The molecule has 2 atom stereocenters. The number of ether oxygens (including phenoxy) is 1. The Balaban J connectivity index is 1.93. The summed E-state index contributed by atoms with van der Waals surface area (Å²) in [5.41, 5.74) is 2.30. The first-order valence-electron chi connectivity index (χ1n) is 8.54. The highest BCUT2D eigenvalue weighted by Gasteiger charge is 2.33. The largest absolute Gasteiger partial charge is 0.463 e. The van der Waals surface area contributed by atoms with Crippen LogP contribution in [0.4, 0.5) is 0 Å². The third kappa shape index (κ3) is 5.08. The summed E-state index contributed by atoms with van der Waals surface area (Å²) in [6.45, 7) is 6.61. The summed E-state index contributed by atoms with van der Waals surface area (Å²) in [7, 11) is 0. The first kappa shape index (κ1) is 17.5. The van der Waals surface area contributed by atoms with Crippen molar-refractivity contribution in [3.8, 4) is 0 Å². The summed E-state index contributed by atoms with van der Waals surface area (Å²) in [5.74, 6) is -0.0652. The molecule has 126 valence electrons. The first-order chi connectivity index (χ1) is 11.0. The number of esters is 1. The van der Waals surface area contributed by atoms with Gasteiger partial charge in [-0.1, -0.05) is 43.2 Å². The lowest BCUT2D eigenvalue weighted by atomic mass is 10.1. The van der Waals surface area contributed by atoms with Crippen LogP contribution in [-0.2, 0) is 20.9 Å². The lowest BCUT2D eigenvalue weighted by molar-refractivity contribution is -0.150. The molecule has 0 aliphatic carbocycles. The van der Waals surface area contributed by atoms with Crippen LogP contribution in [0.3, 0.4) is 0 Å². The number of benzene rings is 1. The molecule has 2 rings (SSSR count). The maximum Gasteiger partial charge on any atom is 0.308 e. The molecule has 1 aromatic carbocycles. The maximum absolute atomic E-state index is 12.1. The summed E-state index contributed by atoms with van der Waals surface area (Å²) < 4.78 is 5.43. The number of nitrogens with zero attached hydrogens (tertiary/aromatic N) is 1. The van der Waals surface area contributed by atoms with Gasteiger partial charge in [0.2, 0.25) is 5.91 Å². The Bertz CT molecular complexity index is 538. The van der Waals surface area contributed by atoms with Crippen molar-refractivity contribution in [2.45, 2.75) is 71.6 Å². The van der Waals surface area contributed by atoms with Crippen molar-refractivity contribution in [3.63, 3.8) is 0 Å². The molecule has 1 amide bonds. The second kappa shape index (κ2) is 8.14. The lowest BCUT2D eigenvalue weighted by Gasteiger charge is -2.25. The van der Waals surface area contributed by atoms with E-state index >= 15 is 0 Å². The molecule has 1 fully saturated rings. The zero-order chi connectivity index (χ0) is 16.8. The van der Waals surface area contributed by atoms with Crippen LogP contribution in [0.25, 0.3) is 0 Å². The highest BCUT2D eigenvalue weighted by molar-refractivity contribution is 5.80. The Hall–Kier alpha value is -1.84. The molecule has 4 heteroatoms. The average molecular weight is 317 g/mol. The molecule has 1 aliphatic rings. The minimum Gasteiger partial charge on any atom is -0.463 e. The molecule has 1 aromatic rings. The molecule has 1 saturated heterocycles. The van der Waals surface area contributed by atoms with Crippen LogP contribution in [-0.4, -0.2) is 28.9 Å². The van der Waals surface area contributed by atoms with Crippen molar-refractivity contribution in [2.24, 2.45) is 0 Å². The summed E-state index contributed by atoms with van der Waals surface area (Å²) in [5, 5.41) is 0. The molecule has 0 N–H and O–H groups in total. The number of likely N-dealkylation sites (tertiary alicyclic amines) is 1. The molecular weight excluding hydrogens is 290 g/mol. The fourth-order valence-corrected chi connectivity index (χ4v) is 3.04. The molecule has 0 saturated carbocycles. The van der Waals surface area contributed by atoms with Crippen molar-refractivity contribution in [1.82, 2.24) is 4.90 Å². The van der Waals surface area contributed by atoms with Gasteiger partial charge in [-0.05, 0) is 32.3 Å². The van der Waals surface area contributed by atoms with Gasteiger partial charge in [-0.2, -0.15) is 0 Å². The third-order valence-corrected chi connectivity index (χ3v) is 4.36. The molecule has 0 spiro atoms. The van der Waals surface area contributed by atoms with Gasteiger partial charge in [-0.3, -0.25) is 9.59 Å². The minimum absolute atomic E-state index is 0.0369. The number of amides is 1. The standard InChI is InChI=1S/C19H27NO3/c1-4-5-15(3)23-19(22)12-17-10-11-18(21)20(17)13-16-8-6-14(2)7-9-16/h6-9,15,17H,4-5,10-13H2,1-3H3. The van der Waals surface area contributed by atoms with Crippen molar-refractivity contribution in [2.75, 3.05) is 0 Å². The Morgan fingerprint density at radius 2 is 2.04 bits per heavy atom. The molecule has 2 unspecified atom stereocenters. The summed E-state index contributed by atoms with van der Waals surface area (Å²) in [4.78, 5) is 26.0. The molecule has 0 bridgehead atoms. The number of rotatable bonds is 7. The van der Waals surface area contributed by atoms with Crippen LogP contribution in [0.2, 0.25) is 0 Å².